The third-order valence-corrected chi connectivity index (χ3v) is 3.99. The summed E-state index contributed by atoms with van der Waals surface area (Å²) in [6.07, 6.45) is 1.35. The van der Waals surface area contributed by atoms with E-state index in [1.807, 2.05) is 0 Å². The van der Waals surface area contributed by atoms with Gasteiger partial charge in [0.25, 0.3) is 5.91 Å². The van der Waals surface area contributed by atoms with Crippen molar-refractivity contribution in [2.75, 3.05) is 11.9 Å². The molecular formula is C20H20Cl2N4O4. The topological polar surface area (TPSA) is 109 Å². The molecule has 2 aromatic rings. The molecule has 0 saturated heterocycles. The lowest BCUT2D eigenvalue weighted by atomic mass is 10.2. The van der Waals surface area contributed by atoms with E-state index >= 15 is 0 Å². The normalized spacial score (nSPS) is 10.7. The first-order chi connectivity index (χ1) is 14.2. The van der Waals surface area contributed by atoms with Gasteiger partial charge in [0, 0.05) is 11.1 Å². The lowest BCUT2D eigenvalue weighted by Gasteiger charge is -2.09. The van der Waals surface area contributed by atoms with Crippen molar-refractivity contribution in [3.8, 4) is 5.75 Å². The van der Waals surface area contributed by atoms with Crippen molar-refractivity contribution in [1.82, 2.24) is 10.7 Å². The van der Waals surface area contributed by atoms with Gasteiger partial charge in [-0.3, -0.25) is 14.4 Å². The predicted molar refractivity (Wildman–Crippen MR) is 116 cm³/mol. The predicted octanol–water partition coefficient (Wildman–Crippen LogP) is 2.99. The molecular weight excluding hydrogens is 431 g/mol. The van der Waals surface area contributed by atoms with Crippen LogP contribution in [0.25, 0.3) is 0 Å². The van der Waals surface area contributed by atoms with Crippen molar-refractivity contribution in [1.29, 1.82) is 0 Å². The third-order valence-electron chi connectivity index (χ3n) is 3.44. The van der Waals surface area contributed by atoms with Gasteiger partial charge >= 0.3 is 11.8 Å². The Morgan fingerprint density at radius 3 is 2.57 bits per heavy atom. The van der Waals surface area contributed by atoms with Crippen molar-refractivity contribution in [3.05, 3.63) is 58.1 Å². The number of nitrogens with zero attached hydrogens (tertiary/aromatic N) is 1. The minimum absolute atomic E-state index is 0.158. The highest BCUT2D eigenvalue weighted by Gasteiger charge is 2.13. The fourth-order valence-electron chi connectivity index (χ4n) is 2.15. The van der Waals surface area contributed by atoms with Gasteiger partial charge in [-0.05, 0) is 49.7 Å². The Morgan fingerprint density at radius 1 is 1.10 bits per heavy atom. The van der Waals surface area contributed by atoms with Gasteiger partial charge < -0.3 is 15.4 Å². The van der Waals surface area contributed by atoms with Crippen LogP contribution in [0.3, 0.4) is 0 Å². The van der Waals surface area contributed by atoms with Crippen LogP contribution in [-0.2, 0) is 14.4 Å². The highest BCUT2D eigenvalue weighted by Crippen LogP contribution is 2.25. The maximum Gasteiger partial charge on any atom is 0.329 e. The second-order valence-electron chi connectivity index (χ2n) is 6.36. The number of benzene rings is 2. The van der Waals surface area contributed by atoms with Crippen LogP contribution in [-0.4, -0.2) is 36.6 Å². The number of hydrazone groups is 1. The van der Waals surface area contributed by atoms with Gasteiger partial charge in [0.1, 0.15) is 5.75 Å². The average Bonchev–Trinajstić information content (AvgIpc) is 2.68. The van der Waals surface area contributed by atoms with E-state index in [0.717, 1.165) is 0 Å². The molecule has 3 N–H and O–H groups in total. The average molecular weight is 451 g/mol. The van der Waals surface area contributed by atoms with Crippen molar-refractivity contribution < 1.29 is 19.1 Å². The monoisotopic (exact) mass is 450 g/mol. The molecule has 0 atom stereocenters. The fourth-order valence-corrected chi connectivity index (χ4v) is 2.61. The summed E-state index contributed by atoms with van der Waals surface area (Å²) in [5.41, 5.74) is 3.15. The molecule has 0 radical (unpaired) electrons. The Labute approximate surface area is 183 Å². The fraction of sp³-hybridized carbons (Fsp3) is 0.200. The zero-order chi connectivity index (χ0) is 22.1. The summed E-state index contributed by atoms with van der Waals surface area (Å²) in [6, 6.07) is 11.2. The molecule has 0 fully saturated rings. The number of anilines is 1. The van der Waals surface area contributed by atoms with E-state index in [1.54, 1.807) is 50.2 Å². The lowest BCUT2D eigenvalue weighted by Crippen LogP contribution is -2.41. The first-order valence-electron chi connectivity index (χ1n) is 8.86. The molecule has 0 aliphatic rings. The summed E-state index contributed by atoms with van der Waals surface area (Å²) in [4.78, 5) is 35.1. The lowest BCUT2D eigenvalue weighted by molar-refractivity contribution is -0.139. The third kappa shape index (κ3) is 7.73. The van der Waals surface area contributed by atoms with E-state index in [9.17, 15) is 14.4 Å². The van der Waals surface area contributed by atoms with Crippen molar-refractivity contribution in [2.45, 2.75) is 19.9 Å². The Bertz CT molecular complexity index is 964. The molecule has 0 bridgehead atoms. The molecule has 0 aliphatic carbocycles. The van der Waals surface area contributed by atoms with Gasteiger partial charge in [0.05, 0.1) is 16.9 Å². The van der Waals surface area contributed by atoms with Crippen LogP contribution in [0.1, 0.15) is 19.4 Å². The van der Waals surface area contributed by atoms with Crippen LogP contribution in [0.4, 0.5) is 5.69 Å². The van der Waals surface area contributed by atoms with Crippen LogP contribution in [0.5, 0.6) is 5.75 Å². The minimum Gasteiger partial charge on any atom is -0.484 e. The number of carbonyl (C=O) groups is 3. The van der Waals surface area contributed by atoms with Crippen LogP contribution < -0.4 is 20.8 Å². The molecule has 0 aliphatic heterocycles. The van der Waals surface area contributed by atoms with Crippen LogP contribution in [0.2, 0.25) is 10.0 Å². The number of amides is 3. The summed E-state index contributed by atoms with van der Waals surface area (Å²) >= 11 is 11.8. The molecule has 0 saturated carbocycles. The van der Waals surface area contributed by atoms with E-state index in [2.05, 4.69) is 21.2 Å². The van der Waals surface area contributed by atoms with Crippen molar-refractivity contribution in [2.24, 2.45) is 5.10 Å². The van der Waals surface area contributed by atoms with E-state index in [4.69, 9.17) is 27.9 Å². The molecule has 0 aromatic heterocycles. The van der Waals surface area contributed by atoms with Gasteiger partial charge in [-0.15, -0.1) is 0 Å². The zero-order valence-corrected chi connectivity index (χ0v) is 17.8. The quantitative estimate of drug-likeness (QED) is 0.342. The molecule has 30 heavy (non-hydrogen) atoms. The van der Waals surface area contributed by atoms with Gasteiger partial charge in [-0.1, -0.05) is 35.3 Å². The highest BCUT2D eigenvalue weighted by molar-refractivity contribution is 6.36. The number of hydrogen-bond acceptors (Lipinski definition) is 5. The molecule has 0 heterocycles. The Hall–Kier alpha value is -3.10. The number of rotatable bonds is 7. The molecule has 8 nitrogen and oxygen atoms in total. The van der Waals surface area contributed by atoms with Gasteiger partial charge in [-0.25, -0.2) is 5.43 Å². The SMILES string of the molecule is CC(C)NC(=O)C(=O)N/N=C\c1cccc(OCC(=O)Nc2ccc(Cl)cc2Cl)c1. The number of nitrogens with one attached hydrogen (secondary N) is 3. The number of hydrogen-bond donors (Lipinski definition) is 3. The van der Waals surface area contributed by atoms with Crippen LogP contribution in [0, 0.1) is 0 Å². The second-order valence-corrected chi connectivity index (χ2v) is 7.20. The largest absolute Gasteiger partial charge is 0.484 e. The summed E-state index contributed by atoms with van der Waals surface area (Å²) in [5.74, 6) is -1.63. The summed E-state index contributed by atoms with van der Waals surface area (Å²) in [7, 11) is 0. The first kappa shape index (κ1) is 23.2. The molecule has 0 spiro atoms. The Balaban J connectivity index is 1.87. The summed E-state index contributed by atoms with van der Waals surface area (Å²) in [6.45, 7) is 3.24. The number of carbonyl (C=O) groups excluding carboxylic acids is 3. The van der Waals surface area contributed by atoms with Crippen molar-refractivity contribution in [3.63, 3.8) is 0 Å². The molecule has 158 valence electrons. The second kappa shape index (κ2) is 11.2. The first-order valence-corrected chi connectivity index (χ1v) is 9.62. The minimum atomic E-state index is -0.870. The van der Waals surface area contributed by atoms with Crippen molar-refractivity contribution >= 4 is 52.8 Å². The van der Waals surface area contributed by atoms with E-state index in [0.29, 0.717) is 27.0 Å². The maximum atomic E-state index is 12.1. The molecule has 2 rings (SSSR count). The smallest absolute Gasteiger partial charge is 0.329 e. The summed E-state index contributed by atoms with van der Waals surface area (Å²) < 4.78 is 5.46. The maximum absolute atomic E-state index is 12.1. The van der Waals surface area contributed by atoms with Crippen LogP contribution in [0.15, 0.2) is 47.6 Å². The zero-order valence-electron chi connectivity index (χ0n) is 16.2. The van der Waals surface area contributed by atoms with E-state index in [-0.39, 0.29) is 12.6 Å². The molecule has 3 amide bonds. The van der Waals surface area contributed by atoms with Gasteiger partial charge in [0.2, 0.25) is 0 Å². The van der Waals surface area contributed by atoms with Gasteiger partial charge in [-0.2, -0.15) is 5.10 Å². The van der Waals surface area contributed by atoms with Crippen LogP contribution >= 0.6 is 23.2 Å². The number of halogens is 2. The highest BCUT2D eigenvalue weighted by atomic mass is 35.5. The van der Waals surface area contributed by atoms with Gasteiger partial charge in [0.15, 0.2) is 6.61 Å². The standard InChI is InChI=1S/C20H20Cl2N4O4/c1-12(2)24-19(28)20(29)26-23-10-13-4-3-5-15(8-13)30-11-18(27)25-17-7-6-14(21)9-16(17)22/h3-10,12H,11H2,1-2H3,(H,24,28)(H,25,27)(H,26,29)/b23-10-. The Kier molecular flexibility index (Phi) is 8.64. The number of ether oxygens (including phenoxy) is 1. The van der Waals surface area contributed by atoms with E-state index < -0.39 is 17.7 Å². The molecule has 0 unspecified atom stereocenters. The Morgan fingerprint density at radius 2 is 1.87 bits per heavy atom. The van der Waals surface area contributed by atoms with E-state index in [1.165, 1.54) is 12.3 Å². The molecule has 10 heteroatoms. The molecule has 2 aromatic carbocycles. The summed E-state index contributed by atoms with van der Waals surface area (Å²) in [5, 5.41) is 9.59.